The highest BCUT2D eigenvalue weighted by molar-refractivity contribution is 7.09. The van der Waals surface area contributed by atoms with Crippen LogP contribution in [-0.4, -0.2) is 93.1 Å². The van der Waals surface area contributed by atoms with Crippen molar-refractivity contribution in [3.05, 3.63) is 35.0 Å². The highest BCUT2D eigenvalue weighted by atomic mass is 32.1. The number of likely N-dealkylation sites (tertiary alicyclic amines) is 1. The average molecular weight is 616 g/mol. The van der Waals surface area contributed by atoms with E-state index in [9.17, 15) is 31.1 Å². The molecule has 0 radical (unpaired) electrons. The minimum absolute atomic E-state index is 0.0653. The van der Waals surface area contributed by atoms with Crippen molar-refractivity contribution < 1.29 is 55.7 Å². The molecule has 41 heavy (non-hydrogen) atoms. The summed E-state index contributed by atoms with van der Waals surface area (Å²) in [6.07, 6.45) is -2.99. The Morgan fingerprint density at radius 3 is 2.10 bits per heavy atom. The zero-order chi connectivity index (χ0) is 30.8. The number of alkyl halides is 6. The number of carboxylic acids is 2. The van der Waals surface area contributed by atoms with E-state index in [-0.39, 0.29) is 11.9 Å². The van der Waals surface area contributed by atoms with Crippen molar-refractivity contribution in [2.45, 2.75) is 38.7 Å². The summed E-state index contributed by atoms with van der Waals surface area (Å²) >= 11 is 1.68. The highest BCUT2D eigenvalue weighted by Gasteiger charge is 2.54. The Labute approximate surface area is 233 Å². The van der Waals surface area contributed by atoms with Crippen LogP contribution >= 0.6 is 11.3 Å². The van der Waals surface area contributed by atoms with Gasteiger partial charge in [0, 0.05) is 49.5 Å². The van der Waals surface area contributed by atoms with E-state index >= 15 is 0 Å². The molecule has 2 atom stereocenters. The number of aromatic nitrogens is 3. The molecular weight excluding hydrogens is 588 g/mol. The molecule has 4 rings (SSSR count). The first-order valence-electron chi connectivity index (χ1n) is 12.0. The molecule has 18 heteroatoms. The Kier molecular flexibility index (Phi) is 11.8. The van der Waals surface area contributed by atoms with Crippen molar-refractivity contribution in [3.63, 3.8) is 0 Å². The number of hydrogen-bond acceptors (Lipinski definition) is 10. The molecule has 228 valence electrons. The summed E-state index contributed by atoms with van der Waals surface area (Å²) in [5, 5.41) is 17.4. The normalized spacial score (nSPS) is 20.9. The fraction of sp³-hybridized carbons (Fsp3) is 0.565. The smallest absolute Gasteiger partial charge is 0.475 e. The van der Waals surface area contributed by atoms with Gasteiger partial charge in [-0.1, -0.05) is 0 Å². The lowest BCUT2D eigenvalue weighted by atomic mass is 9.75. The van der Waals surface area contributed by atoms with Crippen molar-refractivity contribution in [3.8, 4) is 0 Å². The van der Waals surface area contributed by atoms with Crippen LogP contribution < -0.4 is 4.90 Å². The molecule has 2 aliphatic heterocycles. The molecule has 2 saturated heterocycles. The molecule has 0 aromatic carbocycles. The average Bonchev–Trinajstić information content (AvgIpc) is 3.49. The number of anilines is 1. The number of esters is 1. The first kappa shape index (κ1) is 33.7. The van der Waals surface area contributed by atoms with Gasteiger partial charge in [-0.3, -0.25) is 9.69 Å². The molecule has 11 nitrogen and oxygen atoms in total. The van der Waals surface area contributed by atoms with Gasteiger partial charge in [0.15, 0.2) is 0 Å². The van der Waals surface area contributed by atoms with Crippen molar-refractivity contribution in [2.75, 3.05) is 37.7 Å². The number of ether oxygens (including phenoxy) is 1. The van der Waals surface area contributed by atoms with Crippen LogP contribution in [0.3, 0.4) is 0 Å². The van der Waals surface area contributed by atoms with Crippen LogP contribution in [-0.2, 0) is 25.7 Å². The summed E-state index contributed by atoms with van der Waals surface area (Å²) in [5.74, 6) is -4.69. The summed E-state index contributed by atoms with van der Waals surface area (Å²) in [5.41, 5.74) is -0.479. The maximum absolute atomic E-state index is 13.0. The third kappa shape index (κ3) is 9.80. The van der Waals surface area contributed by atoms with E-state index in [1.807, 2.05) is 24.6 Å². The molecule has 0 bridgehead atoms. The number of fused-ring (bicyclic) bond motifs is 1. The predicted molar refractivity (Wildman–Crippen MR) is 131 cm³/mol. The molecule has 2 aromatic heterocycles. The van der Waals surface area contributed by atoms with Gasteiger partial charge < -0.3 is 19.8 Å². The summed E-state index contributed by atoms with van der Waals surface area (Å²) in [7, 11) is 0. The monoisotopic (exact) mass is 615 g/mol. The molecule has 0 aliphatic carbocycles. The second-order valence-electron chi connectivity index (χ2n) is 8.87. The van der Waals surface area contributed by atoms with E-state index in [2.05, 4.69) is 24.8 Å². The second-order valence-corrected chi connectivity index (χ2v) is 9.85. The van der Waals surface area contributed by atoms with E-state index in [1.165, 1.54) is 0 Å². The van der Waals surface area contributed by atoms with Gasteiger partial charge in [0.1, 0.15) is 5.01 Å². The standard InChI is InChI=1S/C19H25N5O2S.2C2HF3O2/c1-2-26-17(25)19-5-3-9-23(13-16-20-8-10-27-16)11-15(19)12-24(14-19)18-21-6-4-7-22-18;2*3-2(4,5)1(6)7/h4,6-8,10,15H,2-3,5,9,11-14H2,1H3;2*(H,6,7)/t15-,19-;;/m0../s1. The molecular formula is C23H27F6N5O6S. The van der Waals surface area contributed by atoms with Crippen LogP contribution in [0.5, 0.6) is 0 Å². The van der Waals surface area contributed by atoms with Gasteiger partial charge >= 0.3 is 30.3 Å². The number of aliphatic carboxylic acids is 2. The summed E-state index contributed by atoms with van der Waals surface area (Å²) in [4.78, 5) is 48.6. The van der Waals surface area contributed by atoms with Crippen LogP contribution in [0.1, 0.15) is 24.8 Å². The first-order chi connectivity index (χ1) is 19.1. The fourth-order valence-corrected chi connectivity index (χ4v) is 5.05. The second kappa shape index (κ2) is 14.4. The van der Waals surface area contributed by atoms with Crippen LogP contribution in [0.15, 0.2) is 30.0 Å². The Balaban J connectivity index is 0.000000349. The van der Waals surface area contributed by atoms with Crippen molar-refractivity contribution >= 4 is 35.2 Å². The summed E-state index contributed by atoms with van der Waals surface area (Å²) < 4.78 is 69.0. The van der Waals surface area contributed by atoms with Gasteiger partial charge in [0.25, 0.3) is 0 Å². The topological polar surface area (TPSA) is 146 Å². The number of carbonyl (C=O) groups is 3. The molecule has 2 aromatic rings. The van der Waals surface area contributed by atoms with E-state index in [0.29, 0.717) is 19.1 Å². The largest absolute Gasteiger partial charge is 0.490 e. The number of rotatable bonds is 5. The molecule has 0 unspecified atom stereocenters. The van der Waals surface area contributed by atoms with Crippen molar-refractivity contribution in [2.24, 2.45) is 11.3 Å². The molecule has 2 fully saturated rings. The number of carboxylic acid groups (broad SMARTS) is 2. The van der Waals surface area contributed by atoms with Crippen molar-refractivity contribution in [1.82, 2.24) is 19.9 Å². The third-order valence-electron chi connectivity index (χ3n) is 6.12. The summed E-state index contributed by atoms with van der Waals surface area (Å²) in [6.45, 7) is 6.39. The van der Waals surface area contributed by atoms with E-state index in [1.54, 1.807) is 23.7 Å². The molecule has 0 amide bonds. The lowest BCUT2D eigenvalue weighted by Gasteiger charge is -2.31. The van der Waals surface area contributed by atoms with Gasteiger partial charge in [0.05, 0.1) is 18.6 Å². The molecule has 4 heterocycles. The van der Waals surface area contributed by atoms with Gasteiger partial charge in [-0.2, -0.15) is 26.3 Å². The van der Waals surface area contributed by atoms with Crippen LogP contribution in [0.25, 0.3) is 0 Å². The first-order valence-corrected chi connectivity index (χ1v) is 12.9. The van der Waals surface area contributed by atoms with Crippen LogP contribution in [0, 0.1) is 11.3 Å². The Hall–Kier alpha value is -3.54. The van der Waals surface area contributed by atoms with E-state index < -0.39 is 29.7 Å². The minimum Gasteiger partial charge on any atom is -0.475 e. The maximum atomic E-state index is 13.0. The lowest BCUT2D eigenvalue weighted by Crippen LogP contribution is -2.42. The number of halogens is 6. The van der Waals surface area contributed by atoms with Crippen LogP contribution in [0.2, 0.25) is 0 Å². The Morgan fingerprint density at radius 2 is 1.61 bits per heavy atom. The van der Waals surface area contributed by atoms with Gasteiger partial charge in [0.2, 0.25) is 5.95 Å². The molecule has 0 saturated carbocycles. The highest BCUT2D eigenvalue weighted by Crippen LogP contribution is 2.44. The predicted octanol–water partition coefficient (Wildman–Crippen LogP) is 3.48. The molecule has 2 N–H and O–H groups in total. The Bertz CT molecular complexity index is 1110. The number of nitrogens with zero attached hydrogens (tertiary/aromatic N) is 5. The molecule has 2 aliphatic rings. The Morgan fingerprint density at radius 1 is 1.02 bits per heavy atom. The van der Waals surface area contributed by atoms with E-state index in [4.69, 9.17) is 24.5 Å². The number of hydrogen-bond donors (Lipinski definition) is 2. The van der Waals surface area contributed by atoms with Gasteiger partial charge in [-0.25, -0.2) is 24.5 Å². The zero-order valence-corrected chi connectivity index (χ0v) is 22.4. The van der Waals surface area contributed by atoms with Crippen LogP contribution in [0.4, 0.5) is 32.3 Å². The quantitative estimate of drug-likeness (QED) is 0.377. The van der Waals surface area contributed by atoms with Gasteiger partial charge in [-0.05, 0) is 32.4 Å². The number of thiazole rings is 1. The third-order valence-corrected chi connectivity index (χ3v) is 6.88. The SMILES string of the molecule is CCOC(=O)[C@]12CCCN(Cc3nccs3)C[C@H]1CN(c1ncccn1)C2.O=C(O)C(F)(F)F.O=C(O)C(F)(F)F. The maximum Gasteiger partial charge on any atom is 0.490 e. The minimum atomic E-state index is -5.08. The lowest BCUT2D eigenvalue weighted by molar-refractivity contribution is -0.193. The van der Waals surface area contributed by atoms with E-state index in [0.717, 1.165) is 44.0 Å². The van der Waals surface area contributed by atoms with Gasteiger partial charge in [-0.15, -0.1) is 11.3 Å². The number of carbonyl (C=O) groups excluding carboxylic acids is 1. The van der Waals surface area contributed by atoms with Crippen molar-refractivity contribution in [1.29, 1.82) is 0 Å². The fourth-order valence-electron chi connectivity index (χ4n) is 4.39. The zero-order valence-electron chi connectivity index (χ0n) is 21.6. The summed E-state index contributed by atoms with van der Waals surface area (Å²) in [6, 6.07) is 1.81. The molecule has 0 spiro atoms.